The summed E-state index contributed by atoms with van der Waals surface area (Å²) in [5.74, 6) is -0.622. The fourth-order valence-electron chi connectivity index (χ4n) is 2.69. The lowest BCUT2D eigenvalue weighted by Gasteiger charge is -2.13. The maximum Gasteiger partial charge on any atom is 0.451 e. The Kier molecular flexibility index (Phi) is 4.17. The van der Waals surface area contributed by atoms with Crippen LogP contribution < -0.4 is 10.5 Å². The third kappa shape index (κ3) is 2.93. The molecule has 1 aromatic carbocycles. The molecule has 0 bridgehead atoms. The summed E-state index contributed by atoms with van der Waals surface area (Å²) in [4.78, 5) is 7.26. The van der Waals surface area contributed by atoms with E-state index >= 15 is 0 Å². The number of halogens is 4. The standard InChI is InChI=1S/C16H15ClF3N3O/c1-7-8(2)22-15(16(18,19)20)23-13(7)9-3-10-4-11(6-21)24-14(10)12(17)5-9/h3,5,11H,4,6,21H2,1-2H3/t11-/m1/s1. The molecular formula is C16H15ClF3N3O. The number of rotatable bonds is 2. The van der Waals surface area contributed by atoms with Crippen LogP contribution in [0.15, 0.2) is 12.1 Å². The number of hydrogen-bond acceptors (Lipinski definition) is 4. The van der Waals surface area contributed by atoms with Crippen LogP contribution >= 0.6 is 11.6 Å². The largest absolute Gasteiger partial charge is 0.487 e. The SMILES string of the molecule is Cc1nc(C(F)(F)F)nc(-c2cc(Cl)c3c(c2)C[C@H](CN)O3)c1C. The average molecular weight is 358 g/mol. The van der Waals surface area contributed by atoms with Crippen molar-refractivity contribution in [2.24, 2.45) is 5.73 Å². The van der Waals surface area contributed by atoms with Crippen molar-refractivity contribution >= 4 is 11.6 Å². The molecule has 2 heterocycles. The van der Waals surface area contributed by atoms with E-state index in [0.29, 0.717) is 34.9 Å². The van der Waals surface area contributed by atoms with Crippen molar-refractivity contribution in [2.45, 2.75) is 32.5 Å². The van der Waals surface area contributed by atoms with E-state index in [0.717, 1.165) is 5.56 Å². The molecule has 128 valence electrons. The Morgan fingerprint density at radius 1 is 1.29 bits per heavy atom. The molecule has 24 heavy (non-hydrogen) atoms. The fourth-order valence-corrected chi connectivity index (χ4v) is 2.98. The Labute approximate surface area is 141 Å². The first-order valence-corrected chi connectivity index (χ1v) is 7.70. The van der Waals surface area contributed by atoms with Gasteiger partial charge in [-0.3, -0.25) is 0 Å². The van der Waals surface area contributed by atoms with Crippen LogP contribution in [0.3, 0.4) is 0 Å². The number of nitrogens with two attached hydrogens (primary N) is 1. The van der Waals surface area contributed by atoms with Crippen molar-refractivity contribution in [2.75, 3.05) is 6.54 Å². The van der Waals surface area contributed by atoms with Gasteiger partial charge in [-0.15, -0.1) is 0 Å². The zero-order valence-corrected chi connectivity index (χ0v) is 13.8. The Morgan fingerprint density at radius 3 is 2.62 bits per heavy atom. The van der Waals surface area contributed by atoms with Crippen LogP contribution in [0.4, 0.5) is 13.2 Å². The molecule has 0 spiro atoms. The van der Waals surface area contributed by atoms with E-state index in [-0.39, 0.29) is 17.5 Å². The van der Waals surface area contributed by atoms with Gasteiger partial charge in [0.1, 0.15) is 11.9 Å². The van der Waals surface area contributed by atoms with Gasteiger partial charge >= 0.3 is 6.18 Å². The minimum atomic E-state index is -4.61. The lowest BCUT2D eigenvalue weighted by molar-refractivity contribution is -0.145. The van der Waals surface area contributed by atoms with Crippen molar-refractivity contribution in [3.05, 3.63) is 39.8 Å². The quantitative estimate of drug-likeness (QED) is 0.890. The van der Waals surface area contributed by atoms with Crippen LogP contribution in [0.5, 0.6) is 5.75 Å². The van der Waals surface area contributed by atoms with Gasteiger partial charge in [0.05, 0.1) is 10.7 Å². The monoisotopic (exact) mass is 357 g/mol. The highest BCUT2D eigenvalue weighted by molar-refractivity contribution is 6.32. The lowest BCUT2D eigenvalue weighted by Crippen LogP contribution is -2.24. The van der Waals surface area contributed by atoms with E-state index in [9.17, 15) is 13.2 Å². The summed E-state index contributed by atoms with van der Waals surface area (Å²) in [5.41, 5.74) is 8.01. The average Bonchev–Trinajstić information content (AvgIpc) is 2.92. The first-order valence-electron chi connectivity index (χ1n) is 7.32. The molecule has 2 aromatic rings. The third-order valence-corrected chi connectivity index (χ3v) is 4.31. The van der Waals surface area contributed by atoms with Gasteiger partial charge in [0.25, 0.3) is 0 Å². The summed E-state index contributed by atoms with van der Waals surface area (Å²) >= 11 is 6.24. The second-order valence-corrected chi connectivity index (χ2v) is 6.14. The van der Waals surface area contributed by atoms with E-state index in [1.165, 1.54) is 6.92 Å². The lowest BCUT2D eigenvalue weighted by atomic mass is 10.0. The second-order valence-electron chi connectivity index (χ2n) is 5.73. The first kappa shape index (κ1) is 17.0. The molecule has 1 aromatic heterocycles. The molecule has 0 unspecified atom stereocenters. The summed E-state index contributed by atoms with van der Waals surface area (Å²) in [6.07, 6.45) is -4.22. The van der Waals surface area contributed by atoms with Crippen LogP contribution in [0.25, 0.3) is 11.3 Å². The Morgan fingerprint density at radius 2 is 2.00 bits per heavy atom. The number of benzene rings is 1. The van der Waals surface area contributed by atoms with Crippen LogP contribution in [0.2, 0.25) is 5.02 Å². The summed E-state index contributed by atoms with van der Waals surface area (Å²) in [5, 5.41) is 0.336. The van der Waals surface area contributed by atoms with Crippen LogP contribution in [0.1, 0.15) is 22.6 Å². The van der Waals surface area contributed by atoms with Crippen molar-refractivity contribution in [3.8, 4) is 17.0 Å². The van der Waals surface area contributed by atoms with Gasteiger partial charge < -0.3 is 10.5 Å². The van der Waals surface area contributed by atoms with Crippen molar-refractivity contribution < 1.29 is 17.9 Å². The molecule has 2 N–H and O–H groups in total. The van der Waals surface area contributed by atoms with E-state index in [1.54, 1.807) is 19.1 Å². The topological polar surface area (TPSA) is 61.0 Å². The van der Waals surface area contributed by atoms with Gasteiger partial charge in [-0.1, -0.05) is 11.6 Å². The number of nitrogens with zero attached hydrogens (tertiary/aromatic N) is 2. The fraction of sp³-hybridized carbons (Fsp3) is 0.375. The highest BCUT2D eigenvalue weighted by atomic mass is 35.5. The molecule has 0 saturated carbocycles. The molecule has 0 radical (unpaired) electrons. The first-order chi connectivity index (χ1) is 11.2. The Hall–Kier alpha value is -1.86. The van der Waals surface area contributed by atoms with E-state index in [1.807, 2.05) is 0 Å². The van der Waals surface area contributed by atoms with Gasteiger partial charge in [-0.05, 0) is 31.5 Å². The van der Waals surface area contributed by atoms with E-state index in [2.05, 4.69) is 9.97 Å². The molecule has 3 rings (SSSR count). The van der Waals surface area contributed by atoms with Crippen molar-refractivity contribution in [3.63, 3.8) is 0 Å². The van der Waals surface area contributed by atoms with Gasteiger partial charge in [0, 0.05) is 29.8 Å². The zero-order valence-electron chi connectivity index (χ0n) is 13.0. The van der Waals surface area contributed by atoms with Crippen molar-refractivity contribution in [1.29, 1.82) is 0 Å². The maximum atomic E-state index is 13.0. The summed E-state index contributed by atoms with van der Waals surface area (Å²) in [6, 6.07) is 3.32. The predicted molar refractivity (Wildman–Crippen MR) is 84.1 cm³/mol. The van der Waals surface area contributed by atoms with E-state index < -0.39 is 12.0 Å². The number of alkyl halides is 3. The number of ether oxygens (including phenoxy) is 1. The predicted octanol–water partition coefficient (Wildman–Crippen LogP) is 3.69. The number of hydrogen-bond donors (Lipinski definition) is 1. The molecule has 0 saturated heterocycles. The molecular weight excluding hydrogens is 343 g/mol. The van der Waals surface area contributed by atoms with E-state index in [4.69, 9.17) is 22.1 Å². The van der Waals surface area contributed by atoms with Gasteiger partial charge in [0.2, 0.25) is 5.82 Å². The van der Waals surface area contributed by atoms with Crippen LogP contribution in [-0.4, -0.2) is 22.6 Å². The Balaban J connectivity index is 2.14. The third-order valence-electron chi connectivity index (χ3n) is 4.03. The maximum absolute atomic E-state index is 13.0. The molecule has 0 aliphatic carbocycles. The number of fused-ring (bicyclic) bond motifs is 1. The molecule has 4 nitrogen and oxygen atoms in total. The van der Waals surface area contributed by atoms with Crippen LogP contribution in [0, 0.1) is 13.8 Å². The highest BCUT2D eigenvalue weighted by Crippen LogP contribution is 2.40. The molecule has 0 amide bonds. The molecule has 1 aliphatic rings. The summed E-state index contributed by atoms with van der Waals surface area (Å²) in [7, 11) is 0. The molecule has 1 atom stereocenters. The second kappa shape index (κ2) is 5.89. The Bertz CT molecular complexity index is 808. The smallest absolute Gasteiger partial charge is 0.451 e. The van der Waals surface area contributed by atoms with Gasteiger partial charge in [-0.2, -0.15) is 13.2 Å². The molecule has 0 fully saturated rings. The minimum Gasteiger partial charge on any atom is -0.487 e. The zero-order chi connectivity index (χ0) is 17.6. The number of aryl methyl sites for hydroxylation is 1. The highest BCUT2D eigenvalue weighted by Gasteiger charge is 2.36. The summed E-state index contributed by atoms with van der Waals surface area (Å²) in [6.45, 7) is 3.55. The molecule has 8 heteroatoms. The number of aromatic nitrogens is 2. The van der Waals surface area contributed by atoms with Gasteiger partial charge in [0.15, 0.2) is 0 Å². The van der Waals surface area contributed by atoms with Crippen LogP contribution in [-0.2, 0) is 12.6 Å². The minimum absolute atomic E-state index is 0.174. The molecule has 1 aliphatic heterocycles. The normalized spacial score (nSPS) is 16.9. The van der Waals surface area contributed by atoms with Gasteiger partial charge in [-0.25, -0.2) is 9.97 Å². The van der Waals surface area contributed by atoms with Crippen molar-refractivity contribution in [1.82, 2.24) is 9.97 Å². The summed E-state index contributed by atoms with van der Waals surface area (Å²) < 4.78 is 44.7.